The average Bonchev–Trinajstić information content (AvgIpc) is 1.32. The number of nitrogens with zero attached hydrogens (tertiary/aromatic N) is 8. The van der Waals surface area contributed by atoms with Gasteiger partial charge in [-0.25, -0.2) is 65.7 Å². The standard InChI is InChI=1S/2C23H30ClFN4O5S.C14H16ClN3O3S.C9H15BrFNO2/c1-14-20(16-8-9-18(24)19(12-16)35(32,33)28(6)7)21(15(2)30)27-29(14)13-17(25)10-11-26-22(31)34-23(3,4)5;1-14-20(16-8-9-18(24)19(12-16)35(32,33)28(6)7)21(15(2)30)29(27-14)13-17(25)10-11-26-22(31)34-23(3,4)5;1-8-13(14(9(2)19)17-16-8)10-5-6-11(15)12(7-10)22(20,21)18(3)4;1-9(2,3)14-8(13)12-5-4-7(11)6-10/h2*8-10,12H,11,13H2,1-7H3,(H,26,31);5-7H,1-4H3,(H,16,17);4H,5-6H2,1-3H3,(H,12,13)/b2*17-10-;;7-4-. The monoisotopic (exact) mass is 1660 g/mol. The highest BCUT2D eigenvalue weighted by Crippen LogP contribution is 2.37. The lowest BCUT2D eigenvalue weighted by Crippen LogP contribution is -2.32. The number of amides is 3. The summed E-state index contributed by atoms with van der Waals surface area (Å²) in [6.07, 6.45) is 1.69. The van der Waals surface area contributed by atoms with Gasteiger partial charge in [0.05, 0.1) is 39.2 Å². The van der Waals surface area contributed by atoms with E-state index >= 15 is 0 Å². The van der Waals surface area contributed by atoms with Gasteiger partial charge in [-0.2, -0.15) is 15.3 Å². The Hall–Kier alpha value is -7.80. The number of ketones is 3. The van der Waals surface area contributed by atoms with Gasteiger partial charge >= 0.3 is 18.3 Å². The highest BCUT2D eigenvalue weighted by molar-refractivity contribution is 9.09. The highest BCUT2D eigenvalue weighted by Gasteiger charge is 2.30. The number of aromatic amines is 1. The van der Waals surface area contributed by atoms with Crippen molar-refractivity contribution in [1.29, 1.82) is 0 Å². The van der Waals surface area contributed by atoms with Gasteiger partial charge in [0.15, 0.2) is 17.3 Å². The van der Waals surface area contributed by atoms with E-state index in [1.807, 2.05) is 0 Å². The number of hydrogen-bond donors (Lipinski definition) is 4. The molecule has 3 aromatic heterocycles. The lowest BCUT2D eigenvalue weighted by molar-refractivity contribution is 0.0522. The van der Waals surface area contributed by atoms with Crippen LogP contribution in [-0.4, -0.2) is 188 Å². The Labute approximate surface area is 640 Å². The van der Waals surface area contributed by atoms with Crippen molar-refractivity contribution in [3.05, 3.63) is 140 Å². The van der Waals surface area contributed by atoms with Crippen LogP contribution < -0.4 is 16.0 Å². The molecule has 0 aliphatic rings. The second-order valence-electron chi connectivity index (χ2n) is 26.7. The quantitative estimate of drug-likeness (QED) is 0.0263. The minimum atomic E-state index is -3.85. The van der Waals surface area contributed by atoms with E-state index in [-0.39, 0.29) is 108 Å². The van der Waals surface area contributed by atoms with E-state index in [4.69, 9.17) is 49.0 Å². The van der Waals surface area contributed by atoms with Gasteiger partial charge in [0.1, 0.15) is 66.1 Å². The zero-order chi connectivity index (χ0) is 81.3. The number of rotatable bonds is 23. The number of allylic oxidation sites excluding steroid dienone is 3. The fraction of sp³-hybridized carbons (Fsp3) is 0.435. The largest absolute Gasteiger partial charge is 0.444 e. The Balaban J connectivity index is 0.000000386. The van der Waals surface area contributed by atoms with Crippen LogP contribution in [0.3, 0.4) is 0 Å². The molecule has 0 atom stereocenters. The first kappa shape index (κ1) is 92.4. The molecule has 6 aromatic rings. The van der Waals surface area contributed by atoms with Crippen molar-refractivity contribution in [2.75, 3.05) is 67.3 Å². The van der Waals surface area contributed by atoms with Crippen LogP contribution in [-0.2, 0) is 57.4 Å². The number of Topliss-reactive ketones (excluding diaryl/α,β-unsaturated/α-hetero) is 3. The first-order chi connectivity index (χ1) is 48.6. The van der Waals surface area contributed by atoms with Crippen LogP contribution in [0.2, 0.25) is 15.1 Å². The third-order valence-electron chi connectivity index (χ3n) is 13.9. The summed E-state index contributed by atoms with van der Waals surface area (Å²) in [4.78, 5) is 70.7. The number of benzene rings is 3. The third-order valence-corrected chi connectivity index (χ3v) is 21.3. The molecule has 0 aliphatic heterocycles. The summed E-state index contributed by atoms with van der Waals surface area (Å²) >= 11 is 21.3. The first-order valence-corrected chi connectivity index (χ1v) is 38.6. The maximum absolute atomic E-state index is 14.6. The average molecular weight is 1670 g/mol. The number of carbonyl (C=O) groups excluding carboxylic acids is 6. The number of hydrogen-bond acceptors (Lipinski definition) is 18. The molecular weight excluding hydrogens is 1580 g/mol. The van der Waals surface area contributed by atoms with Crippen LogP contribution in [0, 0.1) is 20.8 Å². The summed E-state index contributed by atoms with van der Waals surface area (Å²) in [7, 11) is -2.98. The second-order valence-corrected chi connectivity index (χ2v) is 34.9. The number of halogens is 7. The Morgan fingerprint density at radius 2 is 0.840 bits per heavy atom. The van der Waals surface area contributed by atoms with Crippen LogP contribution in [0.5, 0.6) is 0 Å². The summed E-state index contributed by atoms with van der Waals surface area (Å²) in [6.45, 7) is 23.9. The van der Waals surface area contributed by atoms with Gasteiger partial charge in [0, 0.05) is 111 Å². The maximum Gasteiger partial charge on any atom is 0.407 e. The summed E-state index contributed by atoms with van der Waals surface area (Å²) in [6, 6.07) is 13.4. The highest BCUT2D eigenvalue weighted by atomic mass is 79.9. The molecule has 0 radical (unpaired) electrons. The molecule has 0 saturated heterocycles. The van der Waals surface area contributed by atoms with E-state index < -0.39 is 76.8 Å². The summed E-state index contributed by atoms with van der Waals surface area (Å²) < 4.78 is 138. The van der Waals surface area contributed by atoms with Crippen LogP contribution in [0.4, 0.5) is 27.6 Å². The van der Waals surface area contributed by atoms with E-state index in [0.29, 0.717) is 50.5 Å². The maximum atomic E-state index is 14.6. The lowest BCUT2D eigenvalue weighted by atomic mass is 10.0. The van der Waals surface area contributed by atoms with E-state index in [0.717, 1.165) is 19.0 Å². The van der Waals surface area contributed by atoms with Crippen LogP contribution >= 0.6 is 50.7 Å². The molecule has 0 aliphatic carbocycles. The third kappa shape index (κ3) is 27.2. The topological polar surface area (TPSA) is 343 Å². The molecule has 3 amide bonds. The number of nitrogens with one attached hydrogen (secondary N) is 4. The molecule has 584 valence electrons. The molecule has 0 fully saturated rings. The SMILES string of the molecule is CC(=O)c1c(-c2ccc(Cl)c(S(=O)(=O)N(C)C)c2)c(C)nn1C/C(F)=C/CNC(=O)OC(C)(C)C.CC(=O)c1n[nH]c(C)c1-c1ccc(Cl)c(S(=O)(=O)N(C)C)c1.CC(=O)c1nn(C/C(F)=C/CNC(=O)OC(C)(C)C)c(C)c1-c1ccc(Cl)c(S(=O)(=O)N(C)C)c1.CC(C)(C)OC(=O)NC/C=C(\F)CBr. The molecule has 0 bridgehead atoms. The molecule has 0 spiro atoms. The number of alkyl halides is 1. The van der Waals surface area contributed by atoms with Crippen molar-refractivity contribution in [2.24, 2.45) is 0 Å². The molecule has 3 heterocycles. The van der Waals surface area contributed by atoms with Crippen LogP contribution in [0.25, 0.3) is 33.4 Å². The van der Waals surface area contributed by atoms with E-state index in [2.05, 4.69) is 52.3 Å². The molecule has 106 heavy (non-hydrogen) atoms. The number of aromatic nitrogens is 6. The van der Waals surface area contributed by atoms with Crippen LogP contribution in [0.1, 0.15) is 132 Å². The number of sulfonamides is 3. The van der Waals surface area contributed by atoms with Gasteiger partial charge in [-0.05, 0) is 154 Å². The first-order valence-electron chi connectivity index (χ1n) is 32.0. The molecule has 6 rings (SSSR count). The smallest absolute Gasteiger partial charge is 0.407 e. The Morgan fingerprint density at radius 3 is 1.16 bits per heavy atom. The molecular formula is C69H91BrCl3F3N12O15S3. The fourth-order valence-corrected chi connectivity index (χ4v) is 13.4. The Kier molecular flexibility index (Phi) is 33.9. The fourth-order valence-electron chi connectivity index (χ4n) is 9.04. The van der Waals surface area contributed by atoms with Crippen molar-refractivity contribution >= 4 is 116 Å². The predicted octanol–water partition coefficient (Wildman–Crippen LogP) is 13.9. The van der Waals surface area contributed by atoms with Gasteiger partial charge in [-0.3, -0.25) is 28.8 Å². The minimum absolute atomic E-state index is 0.00762. The lowest BCUT2D eigenvalue weighted by Gasteiger charge is -2.19. The molecule has 27 nitrogen and oxygen atoms in total. The summed E-state index contributed by atoms with van der Waals surface area (Å²) in [5, 5.41) is 22.9. The van der Waals surface area contributed by atoms with Crippen molar-refractivity contribution in [2.45, 2.75) is 148 Å². The van der Waals surface area contributed by atoms with Gasteiger partial charge < -0.3 is 30.2 Å². The van der Waals surface area contributed by atoms with Gasteiger partial charge in [0.25, 0.3) is 0 Å². The van der Waals surface area contributed by atoms with Crippen molar-refractivity contribution in [1.82, 2.24) is 58.6 Å². The van der Waals surface area contributed by atoms with E-state index in [1.54, 1.807) is 101 Å². The van der Waals surface area contributed by atoms with Crippen molar-refractivity contribution in [3.8, 4) is 33.4 Å². The minimum Gasteiger partial charge on any atom is -0.444 e. The van der Waals surface area contributed by atoms with Crippen LogP contribution in [0.15, 0.2) is 105 Å². The van der Waals surface area contributed by atoms with Gasteiger partial charge in [-0.15, -0.1) is 0 Å². The predicted molar refractivity (Wildman–Crippen MR) is 405 cm³/mol. The van der Waals surface area contributed by atoms with E-state index in [1.165, 1.54) is 121 Å². The molecule has 4 N–H and O–H groups in total. The number of alkyl carbamates (subject to hydrolysis) is 3. The number of aryl methyl sites for hydroxylation is 2. The zero-order valence-corrected chi connectivity index (χ0v) is 69.0. The molecule has 0 saturated carbocycles. The van der Waals surface area contributed by atoms with Gasteiger partial charge in [0.2, 0.25) is 30.1 Å². The second kappa shape index (κ2) is 38.8. The number of H-pyrrole nitrogens is 1. The molecule has 3 aromatic carbocycles. The van der Waals surface area contributed by atoms with Crippen molar-refractivity contribution < 1.29 is 81.4 Å². The normalized spacial score (nSPS) is 12.5. The zero-order valence-electron chi connectivity index (χ0n) is 62.7. The number of ether oxygens (including phenoxy) is 3. The van der Waals surface area contributed by atoms with Crippen molar-refractivity contribution in [3.63, 3.8) is 0 Å². The summed E-state index contributed by atoms with van der Waals surface area (Å²) in [5.41, 5.74) is 2.83. The molecule has 37 heteroatoms. The Morgan fingerprint density at radius 1 is 0.509 bits per heavy atom. The Bertz CT molecular complexity index is 4590. The summed E-state index contributed by atoms with van der Waals surface area (Å²) in [5.74, 6) is -2.51. The number of carbonyl (C=O) groups is 6. The molecule has 0 unspecified atom stereocenters. The van der Waals surface area contributed by atoms with Gasteiger partial charge in [-0.1, -0.05) is 68.9 Å². The van der Waals surface area contributed by atoms with E-state index in [9.17, 15) is 67.2 Å².